The van der Waals surface area contributed by atoms with Crippen molar-refractivity contribution in [1.29, 1.82) is 0 Å². The van der Waals surface area contributed by atoms with E-state index in [1.165, 1.54) is 18.2 Å². The van der Waals surface area contributed by atoms with Crippen LogP contribution in [0.1, 0.15) is 44.6 Å². The van der Waals surface area contributed by atoms with Crippen LogP contribution in [0.3, 0.4) is 0 Å². The number of carboxylic acid groups (broad SMARTS) is 1. The van der Waals surface area contributed by atoms with Gasteiger partial charge in [-0.15, -0.1) is 0 Å². The second-order valence-electron chi connectivity index (χ2n) is 4.77. The van der Waals surface area contributed by atoms with Crippen LogP contribution in [0.25, 0.3) is 6.08 Å². The number of benzene rings is 1. The van der Waals surface area contributed by atoms with E-state index >= 15 is 0 Å². The zero-order chi connectivity index (χ0) is 15.7. The van der Waals surface area contributed by atoms with Crippen molar-refractivity contribution in [1.82, 2.24) is 0 Å². The Hall–Kier alpha value is -2.17. The summed E-state index contributed by atoms with van der Waals surface area (Å²) < 4.78 is 13.8. The van der Waals surface area contributed by atoms with Crippen LogP contribution in [0, 0.1) is 5.82 Å². The molecule has 0 aliphatic heterocycles. The monoisotopic (exact) mass is 293 g/mol. The fraction of sp³-hybridized carbons (Fsp3) is 0.375. The molecule has 0 atom stereocenters. The maximum Gasteiger partial charge on any atom is 0.328 e. The minimum absolute atomic E-state index is 0.114. The lowest BCUT2D eigenvalue weighted by Gasteiger charge is -2.07. The summed E-state index contributed by atoms with van der Waals surface area (Å²) in [6, 6.07) is 4.17. The van der Waals surface area contributed by atoms with Crippen molar-refractivity contribution >= 4 is 23.6 Å². The molecule has 0 bridgehead atoms. The smallest absolute Gasteiger partial charge is 0.328 e. The van der Waals surface area contributed by atoms with Crippen molar-refractivity contribution in [2.45, 2.75) is 39.0 Å². The quantitative estimate of drug-likeness (QED) is 0.565. The number of aliphatic carboxylic acids is 1. The van der Waals surface area contributed by atoms with Gasteiger partial charge in [-0.05, 0) is 30.2 Å². The van der Waals surface area contributed by atoms with Gasteiger partial charge < -0.3 is 10.4 Å². The number of amides is 1. The Morgan fingerprint density at radius 3 is 2.67 bits per heavy atom. The molecular formula is C16H20FNO3. The van der Waals surface area contributed by atoms with Crippen LogP contribution in [0.4, 0.5) is 10.1 Å². The highest BCUT2D eigenvalue weighted by molar-refractivity contribution is 5.91. The fourth-order valence-corrected chi connectivity index (χ4v) is 1.83. The third kappa shape index (κ3) is 6.70. The molecule has 0 unspecified atom stereocenters. The molecule has 5 heteroatoms. The molecular weight excluding hydrogens is 273 g/mol. The van der Waals surface area contributed by atoms with Crippen LogP contribution in [0.2, 0.25) is 0 Å². The van der Waals surface area contributed by atoms with E-state index in [9.17, 15) is 14.0 Å². The molecule has 0 heterocycles. The number of hydrogen-bond donors (Lipinski definition) is 2. The largest absolute Gasteiger partial charge is 0.478 e. The van der Waals surface area contributed by atoms with E-state index in [-0.39, 0.29) is 11.6 Å². The number of halogens is 1. The highest BCUT2D eigenvalue weighted by Gasteiger charge is 2.07. The van der Waals surface area contributed by atoms with E-state index in [0.717, 1.165) is 31.8 Å². The number of rotatable bonds is 8. The second-order valence-corrected chi connectivity index (χ2v) is 4.77. The average Bonchev–Trinajstić information content (AvgIpc) is 2.44. The Kier molecular flexibility index (Phi) is 7.15. The van der Waals surface area contributed by atoms with Crippen molar-refractivity contribution in [2.24, 2.45) is 0 Å². The highest BCUT2D eigenvalue weighted by Crippen LogP contribution is 2.17. The third-order valence-electron chi connectivity index (χ3n) is 2.94. The standard InChI is InChI=1S/C16H20FNO3/c1-2-3-4-5-6-15(19)18-14-9-7-12(11-13(14)17)8-10-16(20)21/h7-11H,2-6H2,1H3,(H,18,19)(H,20,21)/b10-8+. The molecule has 1 rings (SSSR count). The molecule has 114 valence electrons. The van der Waals surface area contributed by atoms with Gasteiger partial charge in [0.25, 0.3) is 0 Å². The van der Waals surface area contributed by atoms with Gasteiger partial charge in [-0.1, -0.05) is 32.3 Å². The number of nitrogens with one attached hydrogen (secondary N) is 1. The first-order valence-electron chi connectivity index (χ1n) is 7.03. The van der Waals surface area contributed by atoms with Crippen LogP contribution in [-0.4, -0.2) is 17.0 Å². The van der Waals surface area contributed by atoms with E-state index < -0.39 is 11.8 Å². The minimum atomic E-state index is -1.10. The normalized spacial score (nSPS) is 10.8. The van der Waals surface area contributed by atoms with E-state index in [4.69, 9.17) is 5.11 Å². The number of carbonyl (C=O) groups is 2. The zero-order valence-electron chi connectivity index (χ0n) is 12.1. The topological polar surface area (TPSA) is 66.4 Å². The summed E-state index contributed by atoms with van der Waals surface area (Å²) in [6.07, 6.45) is 6.57. The summed E-state index contributed by atoms with van der Waals surface area (Å²) in [5.74, 6) is -1.89. The zero-order valence-corrected chi connectivity index (χ0v) is 12.1. The summed E-state index contributed by atoms with van der Waals surface area (Å²) >= 11 is 0. The van der Waals surface area contributed by atoms with Crippen molar-refractivity contribution in [3.05, 3.63) is 35.7 Å². The van der Waals surface area contributed by atoms with Crippen molar-refractivity contribution < 1.29 is 19.1 Å². The minimum Gasteiger partial charge on any atom is -0.478 e. The first-order chi connectivity index (χ1) is 10.0. The van der Waals surface area contributed by atoms with Crippen LogP contribution in [-0.2, 0) is 9.59 Å². The molecule has 0 fully saturated rings. The molecule has 0 radical (unpaired) electrons. The number of carboxylic acids is 1. The van der Waals surface area contributed by atoms with Gasteiger partial charge in [0, 0.05) is 12.5 Å². The Bertz CT molecular complexity index is 526. The Morgan fingerprint density at radius 1 is 1.29 bits per heavy atom. The van der Waals surface area contributed by atoms with Crippen LogP contribution < -0.4 is 5.32 Å². The maximum absolute atomic E-state index is 13.8. The number of hydrogen-bond acceptors (Lipinski definition) is 2. The van der Waals surface area contributed by atoms with Gasteiger partial charge in [0.1, 0.15) is 5.82 Å². The highest BCUT2D eigenvalue weighted by atomic mass is 19.1. The van der Waals surface area contributed by atoms with Gasteiger partial charge in [-0.2, -0.15) is 0 Å². The van der Waals surface area contributed by atoms with E-state index in [0.29, 0.717) is 12.0 Å². The van der Waals surface area contributed by atoms with Crippen molar-refractivity contribution in [3.63, 3.8) is 0 Å². The molecule has 1 amide bonds. The predicted molar refractivity (Wildman–Crippen MR) is 80.5 cm³/mol. The molecule has 2 N–H and O–H groups in total. The lowest BCUT2D eigenvalue weighted by Crippen LogP contribution is -2.12. The summed E-state index contributed by atoms with van der Waals surface area (Å²) in [5.41, 5.74) is 0.541. The lowest BCUT2D eigenvalue weighted by atomic mass is 10.1. The van der Waals surface area contributed by atoms with Crippen LogP contribution in [0.5, 0.6) is 0 Å². The first-order valence-corrected chi connectivity index (χ1v) is 7.03. The van der Waals surface area contributed by atoms with Crippen LogP contribution in [0.15, 0.2) is 24.3 Å². The predicted octanol–water partition coefficient (Wildman–Crippen LogP) is 3.83. The average molecular weight is 293 g/mol. The number of anilines is 1. The van der Waals surface area contributed by atoms with Crippen molar-refractivity contribution in [2.75, 3.05) is 5.32 Å². The summed E-state index contributed by atoms with van der Waals surface area (Å²) in [6.45, 7) is 2.09. The molecule has 4 nitrogen and oxygen atoms in total. The fourth-order valence-electron chi connectivity index (χ4n) is 1.83. The molecule has 1 aromatic rings. The van der Waals surface area contributed by atoms with Gasteiger partial charge >= 0.3 is 5.97 Å². The van der Waals surface area contributed by atoms with Gasteiger partial charge in [-0.25, -0.2) is 9.18 Å². The molecule has 0 aromatic heterocycles. The lowest BCUT2D eigenvalue weighted by molar-refractivity contribution is -0.131. The molecule has 1 aromatic carbocycles. The SMILES string of the molecule is CCCCCCC(=O)Nc1ccc(/C=C/C(=O)O)cc1F. The Labute approximate surface area is 123 Å². The van der Waals surface area contributed by atoms with E-state index in [1.54, 1.807) is 6.07 Å². The van der Waals surface area contributed by atoms with Gasteiger partial charge in [-0.3, -0.25) is 4.79 Å². The summed E-state index contributed by atoms with van der Waals surface area (Å²) in [4.78, 5) is 22.0. The Morgan fingerprint density at radius 2 is 2.05 bits per heavy atom. The maximum atomic E-state index is 13.8. The molecule has 0 saturated heterocycles. The summed E-state index contributed by atoms with van der Waals surface area (Å²) in [7, 11) is 0. The first kappa shape index (κ1) is 16.9. The molecule has 21 heavy (non-hydrogen) atoms. The number of unbranched alkanes of at least 4 members (excludes halogenated alkanes) is 3. The van der Waals surface area contributed by atoms with Gasteiger partial charge in [0.2, 0.25) is 5.91 Å². The third-order valence-corrected chi connectivity index (χ3v) is 2.94. The van der Waals surface area contributed by atoms with Crippen LogP contribution >= 0.6 is 0 Å². The summed E-state index contributed by atoms with van der Waals surface area (Å²) in [5, 5.41) is 11.0. The van der Waals surface area contributed by atoms with E-state index in [2.05, 4.69) is 12.2 Å². The van der Waals surface area contributed by atoms with E-state index in [1.807, 2.05) is 0 Å². The Balaban J connectivity index is 2.56. The molecule has 0 spiro atoms. The number of carbonyl (C=O) groups excluding carboxylic acids is 1. The second kappa shape index (κ2) is 8.89. The molecule has 0 aliphatic rings. The molecule has 0 aliphatic carbocycles. The van der Waals surface area contributed by atoms with Gasteiger partial charge in [0.15, 0.2) is 0 Å². The van der Waals surface area contributed by atoms with Crippen molar-refractivity contribution in [3.8, 4) is 0 Å². The van der Waals surface area contributed by atoms with Gasteiger partial charge in [0.05, 0.1) is 5.69 Å². The molecule has 0 saturated carbocycles.